The summed E-state index contributed by atoms with van der Waals surface area (Å²) in [6.45, 7) is 0. The summed E-state index contributed by atoms with van der Waals surface area (Å²) in [6.07, 6.45) is -1.88. The van der Waals surface area contributed by atoms with E-state index in [-0.39, 0.29) is 88.7 Å². The van der Waals surface area contributed by atoms with E-state index in [1.54, 1.807) is 0 Å². The molecule has 10 nitrogen and oxygen atoms in total. The van der Waals surface area contributed by atoms with Gasteiger partial charge in [0.05, 0.1) is 11.9 Å². The molecule has 0 aromatic carbocycles. The average molecular weight is 338 g/mol. The Morgan fingerprint density at radius 1 is 1.05 bits per heavy atom. The van der Waals surface area contributed by atoms with Gasteiger partial charge in [0.25, 0.3) is 0 Å². The predicted octanol–water partition coefficient (Wildman–Crippen LogP) is -15.1. The Balaban J connectivity index is -0.000000427. The van der Waals surface area contributed by atoms with E-state index in [0.717, 1.165) is 0 Å². The smallest absolute Gasteiger partial charge is 0.550 e. The van der Waals surface area contributed by atoms with Crippen molar-refractivity contribution in [2.75, 3.05) is 0 Å². The quantitative estimate of drug-likeness (QED) is 0.308. The van der Waals surface area contributed by atoms with Gasteiger partial charge in [0, 0.05) is 12.4 Å². The number of aliphatic carboxylic acids is 3. The second-order valence-corrected chi connectivity index (χ2v) is 4.77. The van der Waals surface area contributed by atoms with Gasteiger partial charge >= 0.3 is 96.3 Å². The number of aliphatic hydroxyl groups is 1. The molecule has 0 rings (SSSR count). The monoisotopic (exact) mass is 338 g/mol. The topological polar surface area (TPSA) is 198 Å². The Morgan fingerprint density at radius 3 is 1.55 bits per heavy atom. The third kappa shape index (κ3) is 8.23. The molecule has 0 amide bonds. The van der Waals surface area contributed by atoms with Gasteiger partial charge in [-0.3, -0.25) is 4.57 Å². The summed E-state index contributed by atoms with van der Waals surface area (Å²) < 4.78 is 10.7. The zero-order chi connectivity index (χ0) is 14.0. The van der Waals surface area contributed by atoms with Gasteiger partial charge in [-0.1, -0.05) is 0 Å². The van der Waals surface area contributed by atoms with Crippen molar-refractivity contribution in [1.29, 1.82) is 0 Å². The Bertz CT molecular complexity index is 408. The molecular weight excluding hydrogens is 332 g/mol. The standard InChI is InChI=1S/C6H9O10P.3Na/c7-2(8)1-6(13,5(11)12)3(4(9)10)17(14,15)16;;;/h3,13H,1H2,(H,7,8)(H,9,10)(H,11,12)(H2,14,15,16);;;/q;3*+1/p-3. The van der Waals surface area contributed by atoms with Crippen molar-refractivity contribution in [2.24, 2.45) is 0 Å². The summed E-state index contributed by atoms with van der Waals surface area (Å²) in [4.78, 5) is 48.2. The van der Waals surface area contributed by atoms with Crippen LogP contribution in [-0.2, 0) is 18.9 Å². The van der Waals surface area contributed by atoms with Crippen LogP contribution in [0.3, 0.4) is 0 Å². The van der Waals surface area contributed by atoms with E-state index in [1.807, 2.05) is 0 Å². The van der Waals surface area contributed by atoms with Crippen LogP contribution < -0.4 is 104 Å². The molecule has 2 unspecified atom stereocenters. The van der Waals surface area contributed by atoms with Crippen LogP contribution in [0.1, 0.15) is 6.42 Å². The molecule has 0 radical (unpaired) electrons. The summed E-state index contributed by atoms with van der Waals surface area (Å²) in [5.41, 5.74) is -7.12. The Morgan fingerprint density at radius 2 is 1.40 bits per heavy atom. The van der Waals surface area contributed by atoms with Gasteiger partial charge in [0.15, 0.2) is 0 Å². The summed E-state index contributed by atoms with van der Waals surface area (Å²) in [6, 6.07) is 0. The minimum absolute atomic E-state index is 0. The Kier molecular flexibility index (Phi) is 16.4. The zero-order valence-corrected chi connectivity index (χ0v) is 17.8. The van der Waals surface area contributed by atoms with Gasteiger partial charge in [0.2, 0.25) is 0 Å². The maximum absolute atomic E-state index is 10.7. The minimum Gasteiger partial charge on any atom is -0.550 e. The molecule has 98 valence electrons. The molecule has 3 N–H and O–H groups in total. The molecule has 0 fully saturated rings. The molecule has 0 aromatic heterocycles. The van der Waals surface area contributed by atoms with Crippen molar-refractivity contribution in [3.63, 3.8) is 0 Å². The first-order chi connectivity index (χ1) is 7.43. The van der Waals surface area contributed by atoms with Crippen LogP contribution in [-0.4, -0.2) is 44.1 Å². The minimum atomic E-state index is -5.69. The summed E-state index contributed by atoms with van der Waals surface area (Å²) in [5, 5.41) is 40.2. The van der Waals surface area contributed by atoms with Crippen molar-refractivity contribution in [1.82, 2.24) is 0 Å². The number of carbonyl (C=O) groups is 3. The fourth-order valence-corrected chi connectivity index (χ4v) is 2.14. The Hall–Kier alpha value is 1.52. The second kappa shape index (κ2) is 11.1. The van der Waals surface area contributed by atoms with Gasteiger partial charge in [-0.05, 0) is 0 Å². The fraction of sp³-hybridized carbons (Fsp3) is 0.500. The normalized spacial score (nSPS) is 14.3. The van der Waals surface area contributed by atoms with E-state index in [4.69, 9.17) is 9.79 Å². The number of carboxylic acids is 3. The zero-order valence-electron chi connectivity index (χ0n) is 10.9. The number of carbonyl (C=O) groups excluding carboxylic acids is 3. The van der Waals surface area contributed by atoms with Crippen LogP contribution in [0, 0.1) is 0 Å². The maximum Gasteiger partial charge on any atom is 1.00 e. The molecule has 0 aliphatic heterocycles. The number of hydrogen-bond donors (Lipinski definition) is 3. The number of hydrogen-bond acceptors (Lipinski definition) is 8. The Labute approximate surface area is 179 Å². The van der Waals surface area contributed by atoms with Crippen LogP contribution in [0.5, 0.6) is 0 Å². The van der Waals surface area contributed by atoms with Gasteiger partial charge in [-0.2, -0.15) is 0 Å². The molecule has 0 bridgehead atoms. The van der Waals surface area contributed by atoms with E-state index in [1.165, 1.54) is 0 Å². The largest absolute Gasteiger partial charge is 1.00 e. The van der Waals surface area contributed by atoms with Crippen LogP contribution in [0.15, 0.2) is 0 Å². The molecule has 0 aliphatic rings. The summed E-state index contributed by atoms with van der Waals surface area (Å²) >= 11 is 0. The first kappa shape index (κ1) is 29.5. The molecule has 0 aromatic rings. The van der Waals surface area contributed by atoms with Crippen LogP contribution in [0.25, 0.3) is 0 Å². The molecule has 2 atom stereocenters. The number of carboxylic acid groups (broad SMARTS) is 3. The summed E-state index contributed by atoms with van der Waals surface area (Å²) in [5.74, 6) is -7.55. The van der Waals surface area contributed by atoms with E-state index in [9.17, 15) is 39.4 Å². The molecule has 0 aliphatic carbocycles. The third-order valence-electron chi connectivity index (χ3n) is 1.78. The molecule has 20 heavy (non-hydrogen) atoms. The molecule has 14 heteroatoms. The van der Waals surface area contributed by atoms with E-state index < -0.39 is 43.2 Å². The van der Waals surface area contributed by atoms with Gasteiger partial charge < -0.3 is 44.6 Å². The molecule has 0 heterocycles. The molecule has 0 saturated heterocycles. The second-order valence-electron chi connectivity index (χ2n) is 3.07. The van der Waals surface area contributed by atoms with E-state index in [0.29, 0.717) is 0 Å². The van der Waals surface area contributed by atoms with E-state index >= 15 is 0 Å². The molecule has 0 spiro atoms. The first-order valence-corrected chi connectivity index (χ1v) is 5.51. The van der Waals surface area contributed by atoms with Crippen molar-refractivity contribution >= 4 is 25.5 Å². The first-order valence-electron chi connectivity index (χ1n) is 3.82. The van der Waals surface area contributed by atoms with Crippen molar-refractivity contribution in [3.8, 4) is 0 Å². The van der Waals surface area contributed by atoms with Crippen molar-refractivity contribution in [3.05, 3.63) is 0 Å². The van der Waals surface area contributed by atoms with Gasteiger partial charge in [-0.25, -0.2) is 0 Å². The molecule has 0 saturated carbocycles. The number of rotatable bonds is 6. The van der Waals surface area contributed by atoms with Crippen LogP contribution in [0.4, 0.5) is 0 Å². The molecular formula is C6H6Na3O10P. The fourth-order valence-electron chi connectivity index (χ4n) is 1.11. The SMILES string of the molecule is O=C([O-])CC(O)(C(=O)[O-])C(C(=O)[O-])P(=O)(O)O.[Na+].[Na+].[Na+]. The maximum atomic E-state index is 10.7. The predicted molar refractivity (Wildman–Crippen MR) is 40.4 cm³/mol. The van der Waals surface area contributed by atoms with Crippen molar-refractivity contribution in [2.45, 2.75) is 17.7 Å². The van der Waals surface area contributed by atoms with Gasteiger partial charge in [0.1, 0.15) is 11.3 Å². The average Bonchev–Trinajstić information content (AvgIpc) is 1.96. The van der Waals surface area contributed by atoms with Crippen molar-refractivity contribution < 1.29 is 138 Å². The van der Waals surface area contributed by atoms with E-state index in [2.05, 4.69) is 0 Å². The summed E-state index contributed by atoms with van der Waals surface area (Å²) in [7, 11) is -5.69. The van der Waals surface area contributed by atoms with Gasteiger partial charge in [-0.15, -0.1) is 0 Å². The third-order valence-corrected chi connectivity index (χ3v) is 3.09. The van der Waals surface area contributed by atoms with Crippen LogP contribution >= 0.6 is 7.60 Å². The van der Waals surface area contributed by atoms with Crippen LogP contribution in [0.2, 0.25) is 0 Å².